The summed E-state index contributed by atoms with van der Waals surface area (Å²) in [5.41, 5.74) is -1.61. The number of carbonyl (C=O) groups excluding carboxylic acids is 3. The van der Waals surface area contributed by atoms with Crippen molar-refractivity contribution < 1.29 is 33.3 Å². The fourth-order valence-corrected chi connectivity index (χ4v) is 1.47. The highest BCUT2D eigenvalue weighted by atomic mass is 16.7. The van der Waals surface area contributed by atoms with Crippen molar-refractivity contribution in [1.82, 2.24) is 5.32 Å². The van der Waals surface area contributed by atoms with E-state index in [0.29, 0.717) is 0 Å². The Morgan fingerprint density at radius 3 is 2.52 bits per heavy atom. The third-order valence-corrected chi connectivity index (χ3v) is 2.64. The number of cyclic esters (lactones) is 2. The molecule has 23 heavy (non-hydrogen) atoms. The highest BCUT2D eigenvalue weighted by Crippen LogP contribution is 2.23. The fraction of sp³-hybridized carbons (Fsp3) is 0.714. The van der Waals surface area contributed by atoms with Crippen molar-refractivity contribution in [2.24, 2.45) is 10.4 Å². The Morgan fingerprint density at radius 1 is 1.35 bits per heavy atom. The van der Waals surface area contributed by atoms with E-state index in [1.54, 1.807) is 27.7 Å². The van der Waals surface area contributed by atoms with Gasteiger partial charge in [-0.15, -0.1) is 0 Å². The highest BCUT2D eigenvalue weighted by molar-refractivity contribution is 5.82. The van der Waals surface area contributed by atoms with Gasteiger partial charge < -0.3 is 18.9 Å². The van der Waals surface area contributed by atoms with Crippen LogP contribution < -0.4 is 5.32 Å². The van der Waals surface area contributed by atoms with Gasteiger partial charge in [-0.1, -0.05) is 0 Å². The van der Waals surface area contributed by atoms with Crippen LogP contribution in [0.15, 0.2) is 4.99 Å². The van der Waals surface area contributed by atoms with Crippen LogP contribution in [-0.2, 0) is 23.7 Å². The van der Waals surface area contributed by atoms with E-state index in [1.807, 2.05) is 0 Å². The second kappa shape index (κ2) is 7.80. The monoisotopic (exact) mass is 330 g/mol. The third-order valence-electron chi connectivity index (χ3n) is 2.64. The molecule has 9 heteroatoms. The summed E-state index contributed by atoms with van der Waals surface area (Å²) in [6, 6.07) is 0. The molecule has 0 bridgehead atoms. The molecule has 0 spiro atoms. The van der Waals surface area contributed by atoms with Crippen molar-refractivity contribution in [3.63, 3.8) is 0 Å². The summed E-state index contributed by atoms with van der Waals surface area (Å²) in [4.78, 5) is 37.8. The van der Waals surface area contributed by atoms with Crippen LogP contribution in [0.4, 0.5) is 9.59 Å². The van der Waals surface area contributed by atoms with Gasteiger partial charge >= 0.3 is 18.2 Å². The predicted molar refractivity (Wildman–Crippen MR) is 79.1 cm³/mol. The number of aliphatic imine (C=N–C) groups is 1. The summed E-state index contributed by atoms with van der Waals surface area (Å²) in [5, 5.41) is 2.33. The highest BCUT2D eigenvalue weighted by Gasteiger charge is 2.41. The van der Waals surface area contributed by atoms with E-state index in [4.69, 9.17) is 9.47 Å². The number of esters is 1. The van der Waals surface area contributed by atoms with Crippen molar-refractivity contribution in [3.8, 4) is 0 Å². The van der Waals surface area contributed by atoms with E-state index in [2.05, 4.69) is 19.8 Å². The van der Waals surface area contributed by atoms with Crippen LogP contribution in [0.25, 0.3) is 0 Å². The molecule has 1 N–H and O–H groups in total. The van der Waals surface area contributed by atoms with Crippen LogP contribution in [0, 0.1) is 5.41 Å². The minimum atomic E-state index is -1.02. The molecule has 1 heterocycles. The van der Waals surface area contributed by atoms with Gasteiger partial charge in [-0.25, -0.2) is 9.59 Å². The van der Waals surface area contributed by atoms with Crippen LogP contribution in [-0.4, -0.2) is 56.5 Å². The fourth-order valence-electron chi connectivity index (χ4n) is 1.47. The zero-order valence-electron chi connectivity index (χ0n) is 13.7. The zero-order valence-corrected chi connectivity index (χ0v) is 13.7. The number of ether oxygens (including phenoxy) is 4. The Labute approximate surface area is 134 Å². The van der Waals surface area contributed by atoms with Crippen molar-refractivity contribution >= 4 is 24.6 Å². The number of alkyl carbamates (subject to hydrolysis) is 1. The van der Waals surface area contributed by atoms with Gasteiger partial charge in [0.05, 0.1) is 12.9 Å². The zero-order chi connectivity index (χ0) is 17.5. The van der Waals surface area contributed by atoms with E-state index in [1.165, 1.54) is 6.34 Å². The van der Waals surface area contributed by atoms with Crippen molar-refractivity contribution in [1.29, 1.82) is 0 Å². The van der Waals surface area contributed by atoms with E-state index >= 15 is 0 Å². The quantitative estimate of drug-likeness (QED) is 0.265. The maximum absolute atomic E-state index is 11.9. The Bertz CT molecular complexity index is 472. The van der Waals surface area contributed by atoms with Crippen molar-refractivity contribution in [2.45, 2.75) is 33.3 Å². The molecule has 0 aliphatic carbocycles. The van der Waals surface area contributed by atoms with Gasteiger partial charge in [0.15, 0.2) is 0 Å². The smallest absolute Gasteiger partial charge is 0.463 e. The first kappa shape index (κ1) is 18.7. The number of rotatable bonds is 5. The summed E-state index contributed by atoms with van der Waals surface area (Å²) >= 11 is 0. The average molecular weight is 330 g/mol. The predicted octanol–water partition coefficient (Wildman–Crippen LogP) is 1.26. The lowest BCUT2D eigenvalue weighted by Crippen LogP contribution is -2.44. The topological polar surface area (TPSA) is 113 Å². The summed E-state index contributed by atoms with van der Waals surface area (Å²) in [6.45, 7) is 6.83. The molecule has 0 aromatic heterocycles. The maximum atomic E-state index is 11.9. The lowest BCUT2D eigenvalue weighted by atomic mass is 9.93. The molecule has 1 saturated heterocycles. The third kappa shape index (κ3) is 6.98. The van der Waals surface area contributed by atoms with Crippen LogP contribution in [0.2, 0.25) is 0 Å². The first-order valence-electron chi connectivity index (χ1n) is 7.07. The molecule has 0 saturated carbocycles. The summed E-state index contributed by atoms with van der Waals surface area (Å²) in [5.74, 6) is -0.541. The van der Waals surface area contributed by atoms with Gasteiger partial charge in [0, 0.05) is 0 Å². The average Bonchev–Trinajstić information content (AvgIpc) is 2.44. The molecule has 1 fully saturated rings. The Hall–Kier alpha value is -2.32. The first-order chi connectivity index (χ1) is 10.6. The lowest BCUT2D eigenvalue weighted by molar-refractivity contribution is -0.165. The first-order valence-corrected chi connectivity index (χ1v) is 7.07. The molecule has 0 radical (unpaired) electrons. The van der Waals surface area contributed by atoms with Gasteiger partial charge in [0.2, 0.25) is 0 Å². The van der Waals surface area contributed by atoms with Gasteiger partial charge in [0.1, 0.15) is 30.8 Å². The van der Waals surface area contributed by atoms with Crippen LogP contribution >= 0.6 is 0 Å². The van der Waals surface area contributed by atoms with Crippen molar-refractivity contribution in [3.05, 3.63) is 0 Å². The molecular weight excluding hydrogens is 308 g/mol. The van der Waals surface area contributed by atoms with Crippen LogP contribution in [0.5, 0.6) is 0 Å². The van der Waals surface area contributed by atoms with Gasteiger partial charge in [-0.05, 0) is 27.7 Å². The Kier molecular flexibility index (Phi) is 6.35. The minimum absolute atomic E-state index is 0.0227. The summed E-state index contributed by atoms with van der Waals surface area (Å²) in [7, 11) is 0. The molecule has 130 valence electrons. The molecule has 0 unspecified atom stereocenters. The molecule has 0 aromatic rings. The minimum Gasteiger partial charge on any atom is -0.463 e. The van der Waals surface area contributed by atoms with E-state index < -0.39 is 29.2 Å². The molecule has 0 atom stereocenters. The molecule has 1 aliphatic heterocycles. The normalized spacial score (nSPS) is 17.1. The number of hydrogen-bond acceptors (Lipinski definition) is 8. The molecule has 1 aliphatic rings. The van der Waals surface area contributed by atoms with Gasteiger partial charge in [0.25, 0.3) is 0 Å². The summed E-state index contributed by atoms with van der Waals surface area (Å²) < 4.78 is 19.4. The number of nitrogens with one attached hydrogen (secondary N) is 1. The van der Waals surface area contributed by atoms with E-state index in [-0.39, 0.29) is 26.4 Å². The Balaban J connectivity index is 2.21. The van der Waals surface area contributed by atoms with Crippen LogP contribution in [0.3, 0.4) is 0 Å². The van der Waals surface area contributed by atoms with E-state index in [9.17, 15) is 14.4 Å². The number of hydrogen-bond donors (Lipinski definition) is 1. The summed E-state index contributed by atoms with van der Waals surface area (Å²) in [6.07, 6.45) is -0.241. The maximum Gasteiger partial charge on any atom is 0.508 e. The van der Waals surface area contributed by atoms with Crippen LogP contribution in [0.1, 0.15) is 27.7 Å². The van der Waals surface area contributed by atoms with Gasteiger partial charge in [-0.2, -0.15) is 0 Å². The molecule has 9 nitrogen and oxygen atoms in total. The second-order valence-corrected chi connectivity index (χ2v) is 6.21. The standard InChI is InChI=1S/C14H22N2O7/c1-13(2,3)23-11(18)16-9-15-5-6-20-10(17)14(4)7-21-12(19)22-8-14/h9H,5-8H2,1-4H3,(H,15,16,18). The molecular formula is C14H22N2O7. The number of carbonyl (C=O) groups is 3. The SMILES string of the molecule is CC(C)(C)OC(=O)NC=NCCOC(=O)C1(C)COC(=O)OC1. The lowest BCUT2D eigenvalue weighted by Gasteiger charge is -2.29. The van der Waals surface area contributed by atoms with Gasteiger partial charge in [-0.3, -0.25) is 15.1 Å². The van der Waals surface area contributed by atoms with E-state index in [0.717, 1.165) is 0 Å². The molecule has 1 rings (SSSR count). The molecule has 0 aromatic carbocycles. The second-order valence-electron chi connectivity index (χ2n) is 6.21. The van der Waals surface area contributed by atoms with Crippen molar-refractivity contribution in [2.75, 3.05) is 26.4 Å². The molecule has 1 amide bonds. The number of amides is 1. The Morgan fingerprint density at radius 2 is 1.96 bits per heavy atom. The number of nitrogens with zero attached hydrogens (tertiary/aromatic N) is 1. The largest absolute Gasteiger partial charge is 0.508 e.